The summed E-state index contributed by atoms with van der Waals surface area (Å²) in [6.07, 6.45) is 2.95. The van der Waals surface area contributed by atoms with Crippen LogP contribution in [0.5, 0.6) is 5.75 Å². The number of methoxy groups -OCH3 is 1. The maximum absolute atomic E-state index is 13.0. The molecule has 1 aromatic carbocycles. The van der Waals surface area contributed by atoms with E-state index in [0.717, 1.165) is 34.2 Å². The highest BCUT2D eigenvalue weighted by atomic mass is 32.1. The van der Waals surface area contributed by atoms with Gasteiger partial charge in [0.15, 0.2) is 0 Å². The molecule has 2 aliphatic rings. The predicted molar refractivity (Wildman–Crippen MR) is 122 cm³/mol. The molecule has 4 amide bonds. The van der Waals surface area contributed by atoms with Crippen LogP contribution in [0.3, 0.4) is 0 Å². The lowest BCUT2D eigenvalue weighted by Gasteiger charge is -2.33. The number of carbonyl (C=O) groups is 3. The zero-order chi connectivity index (χ0) is 22.7. The number of imide groups is 1. The Morgan fingerprint density at radius 1 is 1.25 bits per heavy atom. The number of nitrogens with one attached hydrogen (secondary N) is 2. The number of hydrogen-bond acceptors (Lipinski definition) is 6. The highest BCUT2D eigenvalue weighted by Gasteiger charge is 2.52. The van der Waals surface area contributed by atoms with Gasteiger partial charge in [-0.25, -0.2) is 4.79 Å². The minimum absolute atomic E-state index is 0.00861. The zero-order valence-electron chi connectivity index (χ0n) is 18.3. The first-order valence-electron chi connectivity index (χ1n) is 10.8. The van der Waals surface area contributed by atoms with Crippen LogP contribution in [0.15, 0.2) is 41.8 Å². The van der Waals surface area contributed by atoms with Crippen LogP contribution < -0.4 is 20.4 Å². The van der Waals surface area contributed by atoms with Crippen molar-refractivity contribution in [2.45, 2.75) is 44.7 Å². The molecule has 1 saturated heterocycles. The molecule has 1 saturated carbocycles. The van der Waals surface area contributed by atoms with Gasteiger partial charge in [0.1, 0.15) is 11.3 Å². The van der Waals surface area contributed by atoms with Crippen molar-refractivity contribution in [3.8, 4) is 5.75 Å². The molecule has 170 valence electrons. The van der Waals surface area contributed by atoms with Crippen LogP contribution in [0.2, 0.25) is 0 Å². The normalized spacial score (nSPS) is 22.7. The Bertz CT molecular complexity index is 968. The zero-order valence-corrected chi connectivity index (χ0v) is 19.1. The molecule has 8 nitrogen and oxygen atoms in total. The second-order valence-electron chi connectivity index (χ2n) is 8.50. The fourth-order valence-corrected chi connectivity index (χ4v) is 4.99. The molecular weight excluding hydrogens is 428 g/mol. The Labute approximate surface area is 191 Å². The van der Waals surface area contributed by atoms with E-state index in [9.17, 15) is 14.4 Å². The average Bonchev–Trinajstić information content (AvgIpc) is 3.38. The molecule has 0 unspecified atom stereocenters. The number of thiophene rings is 1. The molecule has 2 aromatic rings. The molecule has 0 atom stereocenters. The molecular formula is C23H28N4O4S. The summed E-state index contributed by atoms with van der Waals surface area (Å²) in [5, 5.41) is 5.67. The summed E-state index contributed by atoms with van der Waals surface area (Å²) in [7, 11) is 1.60. The number of hydrogen-bond donors (Lipinski definition) is 2. The summed E-state index contributed by atoms with van der Waals surface area (Å²) in [6.45, 7) is 2.67. The van der Waals surface area contributed by atoms with Crippen LogP contribution in [-0.2, 0) is 16.1 Å². The number of urea groups is 1. The third kappa shape index (κ3) is 4.57. The molecule has 2 heterocycles. The van der Waals surface area contributed by atoms with Crippen LogP contribution in [0.1, 0.15) is 37.5 Å². The Hall–Kier alpha value is -3.07. The second-order valence-corrected chi connectivity index (χ2v) is 9.54. The van der Waals surface area contributed by atoms with Crippen LogP contribution >= 0.6 is 11.3 Å². The number of amides is 4. The topological polar surface area (TPSA) is 91.0 Å². The quantitative estimate of drug-likeness (QED) is 0.624. The maximum atomic E-state index is 13.0. The van der Waals surface area contributed by atoms with Crippen molar-refractivity contribution in [2.75, 3.05) is 18.6 Å². The summed E-state index contributed by atoms with van der Waals surface area (Å²) in [5.74, 6) is 0.462. The summed E-state index contributed by atoms with van der Waals surface area (Å²) in [4.78, 5) is 41.4. The fourth-order valence-electron chi connectivity index (χ4n) is 4.27. The lowest BCUT2D eigenvalue weighted by atomic mass is 9.77. The van der Waals surface area contributed by atoms with Gasteiger partial charge < -0.3 is 15.0 Å². The van der Waals surface area contributed by atoms with Gasteiger partial charge in [-0.3, -0.25) is 15.0 Å². The Kier molecular flexibility index (Phi) is 6.36. The first kappa shape index (κ1) is 22.1. The molecule has 4 rings (SSSR count). The number of carbonyl (C=O) groups excluding carboxylic acids is 3. The molecule has 0 radical (unpaired) electrons. The van der Waals surface area contributed by atoms with Crippen LogP contribution in [0.25, 0.3) is 0 Å². The van der Waals surface area contributed by atoms with Gasteiger partial charge in [-0.2, -0.15) is 5.01 Å². The number of rotatable bonds is 7. The van der Waals surface area contributed by atoms with E-state index in [4.69, 9.17) is 4.74 Å². The molecule has 2 N–H and O–H groups in total. The average molecular weight is 457 g/mol. The Morgan fingerprint density at radius 2 is 1.97 bits per heavy atom. The molecule has 0 bridgehead atoms. The van der Waals surface area contributed by atoms with Gasteiger partial charge in [0.2, 0.25) is 0 Å². The van der Waals surface area contributed by atoms with Gasteiger partial charge in [0, 0.05) is 10.6 Å². The third-order valence-electron chi connectivity index (χ3n) is 6.22. The number of nitrogens with zero attached hydrogens (tertiary/aromatic N) is 2. The highest BCUT2D eigenvalue weighted by molar-refractivity contribution is 7.09. The monoisotopic (exact) mass is 456 g/mol. The lowest BCUT2D eigenvalue weighted by Crippen LogP contribution is -2.52. The summed E-state index contributed by atoms with van der Waals surface area (Å²) in [5.41, 5.74) is 2.49. The standard InChI is InChI=1S/C23H28N4O4S/c1-16-9-11-23(12-10-16)21(29)27(22(30)24-23)25-20(28)15-26(14-19-4-3-13-32-19)17-5-7-18(31-2)8-6-17/h3-8,13,16H,9-12,14-15H2,1-2H3,(H,24,30)(H,25,28). The van der Waals surface area contributed by atoms with Crippen LogP contribution in [-0.4, -0.2) is 42.0 Å². The highest BCUT2D eigenvalue weighted by Crippen LogP contribution is 2.35. The first-order valence-corrected chi connectivity index (χ1v) is 11.7. The molecule has 1 spiro atoms. The van der Waals surface area contributed by atoms with E-state index in [2.05, 4.69) is 17.7 Å². The van der Waals surface area contributed by atoms with Gasteiger partial charge in [0.25, 0.3) is 11.8 Å². The van der Waals surface area contributed by atoms with Gasteiger partial charge in [0.05, 0.1) is 20.2 Å². The van der Waals surface area contributed by atoms with Crippen molar-refractivity contribution >= 4 is 34.9 Å². The van der Waals surface area contributed by atoms with E-state index >= 15 is 0 Å². The number of anilines is 1. The van der Waals surface area contributed by atoms with E-state index in [0.29, 0.717) is 25.3 Å². The van der Waals surface area contributed by atoms with Crippen molar-refractivity contribution in [3.05, 3.63) is 46.7 Å². The van der Waals surface area contributed by atoms with Gasteiger partial charge in [-0.05, 0) is 67.3 Å². The van der Waals surface area contributed by atoms with Gasteiger partial charge >= 0.3 is 6.03 Å². The molecule has 1 aliphatic heterocycles. The van der Waals surface area contributed by atoms with Crippen molar-refractivity contribution in [3.63, 3.8) is 0 Å². The molecule has 2 fully saturated rings. The first-order chi connectivity index (χ1) is 15.4. The maximum Gasteiger partial charge on any atom is 0.344 e. The summed E-state index contributed by atoms with van der Waals surface area (Å²) < 4.78 is 5.23. The Morgan fingerprint density at radius 3 is 2.59 bits per heavy atom. The van der Waals surface area contributed by atoms with Crippen LogP contribution in [0.4, 0.5) is 10.5 Å². The molecule has 1 aliphatic carbocycles. The SMILES string of the molecule is COc1ccc(N(CC(=O)NN2C(=O)NC3(CCC(C)CC3)C2=O)Cc2cccs2)cc1. The van der Waals surface area contributed by atoms with Crippen molar-refractivity contribution in [1.29, 1.82) is 0 Å². The number of hydrazine groups is 1. The number of ether oxygens (including phenoxy) is 1. The third-order valence-corrected chi connectivity index (χ3v) is 7.09. The van der Waals surface area contributed by atoms with Crippen LogP contribution in [0, 0.1) is 5.92 Å². The van der Waals surface area contributed by atoms with E-state index in [1.807, 2.05) is 46.7 Å². The largest absolute Gasteiger partial charge is 0.497 e. The summed E-state index contributed by atoms with van der Waals surface area (Å²) >= 11 is 1.60. The number of benzene rings is 1. The van der Waals surface area contributed by atoms with E-state index in [1.165, 1.54) is 0 Å². The molecule has 9 heteroatoms. The fraction of sp³-hybridized carbons (Fsp3) is 0.435. The van der Waals surface area contributed by atoms with Crippen molar-refractivity contribution in [2.24, 2.45) is 5.92 Å². The molecule has 32 heavy (non-hydrogen) atoms. The Balaban J connectivity index is 1.45. The smallest absolute Gasteiger partial charge is 0.344 e. The van der Waals surface area contributed by atoms with Crippen molar-refractivity contribution in [1.82, 2.24) is 15.8 Å². The summed E-state index contributed by atoms with van der Waals surface area (Å²) in [6, 6.07) is 10.8. The van der Waals surface area contributed by atoms with E-state index in [1.54, 1.807) is 18.4 Å². The van der Waals surface area contributed by atoms with Gasteiger partial charge in [-0.1, -0.05) is 13.0 Å². The predicted octanol–water partition coefficient (Wildman–Crippen LogP) is 3.30. The lowest BCUT2D eigenvalue weighted by molar-refractivity contribution is -0.139. The van der Waals surface area contributed by atoms with Gasteiger partial charge in [-0.15, -0.1) is 11.3 Å². The molecule has 1 aromatic heterocycles. The van der Waals surface area contributed by atoms with Crippen molar-refractivity contribution < 1.29 is 19.1 Å². The minimum atomic E-state index is -0.885. The minimum Gasteiger partial charge on any atom is -0.497 e. The second kappa shape index (κ2) is 9.20. The van der Waals surface area contributed by atoms with E-state index in [-0.39, 0.29) is 12.5 Å². The van der Waals surface area contributed by atoms with E-state index < -0.39 is 17.5 Å².